The third-order valence-electron chi connectivity index (χ3n) is 3.80. The van der Waals surface area contributed by atoms with Gasteiger partial charge in [-0.25, -0.2) is 9.37 Å². The van der Waals surface area contributed by atoms with Crippen LogP contribution in [-0.2, 0) is 6.54 Å². The van der Waals surface area contributed by atoms with E-state index >= 15 is 0 Å². The van der Waals surface area contributed by atoms with Gasteiger partial charge in [0.2, 0.25) is 0 Å². The molecule has 0 fully saturated rings. The van der Waals surface area contributed by atoms with Gasteiger partial charge in [0.1, 0.15) is 11.6 Å². The van der Waals surface area contributed by atoms with Crippen molar-refractivity contribution >= 4 is 18.0 Å². The molecule has 0 aliphatic rings. The third kappa shape index (κ3) is 4.74. The van der Waals surface area contributed by atoms with Gasteiger partial charge in [0, 0.05) is 12.7 Å². The topological polar surface area (TPSA) is 39.1 Å². The zero-order valence-electron chi connectivity index (χ0n) is 14.6. The summed E-state index contributed by atoms with van der Waals surface area (Å²) in [6, 6.07) is 12.5. The van der Waals surface area contributed by atoms with Gasteiger partial charge in [-0.3, -0.25) is 4.72 Å². The Morgan fingerprint density at radius 2 is 2.04 bits per heavy atom. The average molecular weight is 369 g/mol. The highest BCUT2D eigenvalue weighted by Gasteiger charge is 2.06. The molecule has 0 aliphatic carbocycles. The lowest BCUT2D eigenvalue weighted by molar-refractivity contribution is 0.413. The summed E-state index contributed by atoms with van der Waals surface area (Å²) in [5.41, 5.74) is 3.99. The second kappa shape index (κ2) is 8.69. The number of aromatic nitrogens is 2. The molecule has 0 amide bonds. The summed E-state index contributed by atoms with van der Waals surface area (Å²) in [5, 5.41) is 1.97. The number of hydrogen-bond acceptors (Lipinski definition) is 4. The van der Waals surface area contributed by atoms with Crippen LogP contribution in [0.15, 0.2) is 60.4 Å². The number of nitrogens with one attached hydrogen (secondary N) is 1. The summed E-state index contributed by atoms with van der Waals surface area (Å²) in [5.74, 6) is 0.568. The van der Waals surface area contributed by atoms with Gasteiger partial charge < -0.3 is 9.30 Å². The van der Waals surface area contributed by atoms with Crippen molar-refractivity contribution < 1.29 is 9.13 Å². The van der Waals surface area contributed by atoms with E-state index in [1.165, 1.54) is 24.1 Å². The molecule has 0 bridgehead atoms. The van der Waals surface area contributed by atoms with E-state index in [0.717, 1.165) is 28.3 Å². The monoisotopic (exact) mass is 369 g/mol. The van der Waals surface area contributed by atoms with Crippen LogP contribution in [0.5, 0.6) is 5.75 Å². The molecule has 0 unspecified atom stereocenters. The van der Waals surface area contributed by atoms with Gasteiger partial charge in [-0.1, -0.05) is 30.1 Å². The van der Waals surface area contributed by atoms with Crippen molar-refractivity contribution in [3.63, 3.8) is 0 Å². The normalized spacial score (nSPS) is 11.2. The smallest absolute Gasteiger partial charge is 0.143 e. The van der Waals surface area contributed by atoms with E-state index in [2.05, 4.69) is 9.71 Å². The molecule has 6 heteroatoms. The van der Waals surface area contributed by atoms with Gasteiger partial charge in [-0.15, -0.1) is 0 Å². The second-order valence-corrected chi connectivity index (χ2v) is 6.52. The van der Waals surface area contributed by atoms with Crippen LogP contribution in [0.1, 0.15) is 16.8 Å². The number of halogens is 1. The van der Waals surface area contributed by atoms with Gasteiger partial charge in [-0.05, 0) is 53.8 Å². The minimum Gasteiger partial charge on any atom is -0.495 e. The molecule has 26 heavy (non-hydrogen) atoms. The fourth-order valence-corrected chi connectivity index (χ4v) is 3.02. The number of hydrogen-bond donors (Lipinski definition) is 1. The Kier molecular flexibility index (Phi) is 6.09. The van der Waals surface area contributed by atoms with Crippen LogP contribution in [0, 0.1) is 12.7 Å². The maximum atomic E-state index is 12.9. The van der Waals surface area contributed by atoms with Gasteiger partial charge >= 0.3 is 0 Å². The van der Waals surface area contributed by atoms with Gasteiger partial charge in [-0.2, -0.15) is 0 Å². The molecule has 1 aromatic heterocycles. The first kappa shape index (κ1) is 18.2. The Hall–Kier alpha value is -2.57. The molecule has 3 rings (SSSR count). The first-order valence-electron chi connectivity index (χ1n) is 8.14. The standard InChI is InChI=1S/C20H20FN3OS/c1-15-13-24(14-22-15)19-8-5-16(11-20(19)25-2)9-10-26-23-12-17-3-6-18(21)7-4-17/h3-11,13-14,23H,12H2,1-2H3/b10-9+. The van der Waals surface area contributed by atoms with E-state index in [4.69, 9.17) is 4.74 Å². The highest BCUT2D eigenvalue weighted by atomic mass is 32.2. The molecule has 3 aromatic rings. The Labute approximate surface area is 156 Å². The van der Waals surface area contributed by atoms with Crippen molar-refractivity contribution in [2.24, 2.45) is 0 Å². The average Bonchev–Trinajstić information content (AvgIpc) is 3.09. The van der Waals surface area contributed by atoms with Crippen molar-refractivity contribution in [3.8, 4) is 11.4 Å². The number of methoxy groups -OCH3 is 1. The minimum atomic E-state index is -0.218. The van der Waals surface area contributed by atoms with Crippen LogP contribution in [-0.4, -0.2) is 16.7 Å². The first-order chi connectivity index (χ1) is 12.7. The highest BCUT2D eigenvalue weighted by Crippen LogP contribution is 2.25. The molecule has 134 valence electrons. The molecular formula is C20H20FN3OS. The molecular weight excluding hydrogens is 349 g/mol. The van der Waals surface area contributed by atoms with Crippen molar-refractivity contribution in [1.82, 2.24) is 14.3 Å². The predicted molar refractivity (Wildman–Crippen MR) is 105 cm³/mol. The Balaban J connectivity index is 1.59. The van der Waals surface area contributed by atoms with E-state index in [0.29, 0.717) is 6.54 Å². The minimum absolute atomic E-state index is 0.218. The van der Waals surface area contributed by atoms with Crippen molar-refractivity contribution in [1.29, 1.82) is 0 Å². The summed E-state index contributed by atoms with van der Waals surface area (Å²) < 4.78 is 23.5. The molecule has 4 nitrogen and oxygen atoms in total. The predicted octanol–water partition coefficient (Wildman–Crippen LogP) is 4.74. The molecule has 2 aromatic carbocycles. The van der Waals surface area contributed by atoms with E-state index in [9.17, 15) is 4.39 Å². The summed E-state index contributed by atoms with van der Waals surface area (Å²) >= 11 is 1.48. The fraction of sp³-hybridized carbons (Fsp3) is 0.150. The fourth-order valence-electron chi connectivity index (χ4n) is 2.45. The maximum Gasteiger partial charge on any atom is 0.143 e. The van der Waals surface area contributed by atoms with Crippen LogP contribution >= 0.6 is 11.9 Å². The largest absolute Gasteiger partial charge is 0.495 e. The molecule has 0 atom stereocenters. The molecule has 0 aliphatic heterocycles. The quantitative estimate of drug-likeness (QED) is 0.482. The number of imidazole rings is 1. The Bertz CT molecular complexity index is 890. The molecule has 0 spiro atoms. The summed E-state index contributed by atoms with van der Waals surface area (Å²) in [6.07, 6.45) is 5.74. The van der Waals surface area contributed by atoms with Crippen LogP contribution in [0.2, 0.25) is 0 Å². The van der Waals surface area contributed by atoms with Gasteiger partial charge in [0.25, 0.3) is 0 Å². The van der Waals surface area contributed by atoms with E-state index < -0.39 is 0 Å². The zero-order chi connectivity index (χ0) is 18.4. The lowest BCUT2D eigenvalue weighted by Gasteiger charge is -2.10. The summed E-state index contributed by atoms with van der Waals surface area (Å²) in [7, 11) is 1.66. The number of nitrogens with zero attached hydrogens (tertiary/aromatic N) is 2. The molecule has 0 saturated heterocycles. The lowest BCUT2D eigenvalue weighted by atomic mass is 10.2. The van der Waals surface area contributed by atoms with Gasteiger partial charge in [0.05, 0.1) is 24.8 Å². The Morgan fingerprint density at radius 3 is 2.73 bits per heavy atom. The van der Waals surface area contributed by atoms with Crippen LogP contribution in [0.4, 0.5) is 4.39 Å². The lowest BCUT2D eigenvalue weighted by Crippen LogP contribution is -2.01. The van der Waals surface area contributed by atoms with Crippen LogP contribution in [0.25, 0.3) is 11.8 Å². The summed E-state index contributed by atoms with van der Waals surface area (Å²) in [6.45, 7) is 2.62. The van der Waals surface area contributed by atoms with Crippen LogP contribution < -0.4 is 9.46 Å². The number of benzene rings is 2. The molecule has 1 heterocycles. The maximum absolute atomic E-state index is 12.9. The molecule has 0 saturated carbocycles. The number of aryl methyl sites for hydroxylation is 1. The van der Waals surface area contributed by atoms with Gasteiger partial charge in [0.15, 0.2) is 0 Å². The van der Waals surface area contributed by atoms with E-state index in [1.807, 2.05) is 47.4 Å². The van der Waals surface area contributed by atoms with Crippen molar-refractivity contribution in [3.05, 3.63) is 83.0 Å². The second-order valence-electron chi connectivity index (χ2n) is 5.72. The summed E-state index contributed by atoms with van der Waals surface area (Å²) in [4.78, 5) is 4.25. The highest BCUT2D eigenvalue weighted by molar-refractivity contribution is 8.00. The molecule has 0 radical (unpaired) electrons. The molecule has 1 N–H and O–H groups in total. The van der Waals surface area contributed by atoms with E-state index in [1.54, 1.807) is 25.6 Å². The third-order valence-corrected chi connectivity index (χ3v) is 4.38. The van der Waals surface area contributed by atoms with E-state index in [-0.39, 0.29) is 5.82 Å². The number of rotatable bonds is 7. The number of ether oxygens (including phenoxy) is 1. The Morgan fingerprint density at radius 1 is 1.23 bits per heavy atom. The SMILES string of the molecule is COc1cc(/C=C/SNCc2ccc(F)cc2)ccc1-n1cnc(C)c1. The zero-order valence-corrected chi connectivity index (χ0v) is 15.5. The van der Waals surface area contributed by atoms with Crippen molar-refractivity contribution in [2.45, 2.75) is 13.5 Å². The van der Waals surface area contributed by atoms with Crippen LogP contribution in [0.3, 0.4) is 0 Å². The first-order valence-corrected chi connectivity index (χ1v) is 9.02. The van der Waals surface area contributed by atoms with Crippen molar-refractivity contribution in [2.75, 3.05) is 7.11 Å².